The normalized spacial score (nSPS) is 29.9. The molecule has 3 heterocycles. The van der Waals surface area contributed by atoms with Gasteiger partial charge in [-0.25, -0.2) is 4.98 Å². The van der Waals surface area contributed by atoms with Crippen LogP contribution in [-0.2, 0) is 0 Å². The maximum atomic E-state index is 12.6. The molecule has 2 aliphatic heterocycles. The maximum absolute atomic E-state index is 12.6. The summed E-state index contributed by atoms with van der Waals surface area (Å²) in [4.78, 5) is 21.5. The van der Waals surface area contributed by atoms with Gasteiger partial charge >= 0.3 is 0 Å². The third kappa shape index (κ3) is 2.58. The number of carbonyl (C=O) groups excluding carboxylic acids is 1. The lowest BCUT2D eigenvalue weighted by Gasteiger charge is -2.36. The Kier molecular flexibility index (Phi) is 3.95. The Morgan fingerprint density at radius 3 is 2.91 bits per heavy atom. The molecule has 3 aliphatic rings. The van der Waals surface area contributed by atoms with Gasteiger partial charge in [-0.15, -0.1) is 11.3 Å². The summed E-state index contributed by atoms with van der Waals surface area (Å²) >= 11 is 1.50. The molecule has 1 amide bonds. The van der Waals surface area contributed by atoms with Gasteiger partial charge in [0.25, 0.3) is 5.91 Å². The number of thiazole rings is 1. The van der Waals surface area contributed by atoms with Crippen LogP contribution in [-0.4, -0.2) is 52.4 Å². The van der Waals surface area contributed by atoms with Gasteiger partial charge in [0.2, 0.25) is 0 Å². The number of amides is 1. The van der Waals surface area contributed by atoms with Gasteiger partial charge < -0.3 is 4.90 Å². The summed E-state index contributed by atoms with van der Waals surface area (Å²) in [5.41, 5.74) is 2.65. The lowest BCUT2D eigenvalue weighted by atomic mass is 9.94. The van der Waals surface area contributed by atoms with Crippen molar-refractivity contribution in [2.75, 3.05) is 26.2 Å². The van der Waals surface area contributed by atoms with E-state index in [1.807, 2.05) is 10.3 Å². The summed E-state index contributed by atoms with van der Waals surface area (Å²) in [5, 5.41) is 1.87. The first-order chi connectivity index (χ1) is 10.8. The lowest BCUT2D eigenvalue weighted by molar-refractivity contribution is 0.0729. The molecule has 0 N–H and O–H groups in total. The zero-order valence-electron chi connectivity index (χ0n) is 13.2. The van der Waals surface area contributed by atoms with E-state index in [4.69, 9.17) is 0 Å². The lowest BCUT2D eigenvalue weighted by Crippen LogP contribution is -2.48. The van der Waals surface area contributed by atoms with Crippen molar-refractivity contribution < 1.29 is 4.79 Å². The first kappa shape index (κ1) is 14.6. The first-order valence-electron chi connectivity index (χ1n) is 8.69. The van der Waals surface area contributed by atoms with E-state index < -0.39 is 0 Å². The molecular weight excluding hydrogens is 294 g/mol. The quantitative estimate of drug-likeness (QED) is 0.859. The summed E-state index contributed by atoms with van der Waals surface area (Å²) in [6.45, 7) is 4.31. The van der Waals surface area contributed by atoms with E-state index in [9.17, 15) is 4.79 Å². The van der Waals surface area contributed by atoms with Crippen molar-refractivity contribution in [1.29, 1.82) is 0 Å². The number of aromatic nitrogens is 1. The minimum atomic E-state index is 0.130. The molecule has 120 valence electrons. The van der Waals surface area contributed by atoms with Crippen LogP contribution in [0.5, 0.6) is 0 Å². The van der Waals surface area contributed by atoms with E-state index in [1.165, 1.54) is 63.0 Å². The smallest absolute Gasteiger partial charge is 0.273 e. The molecule has 4 nitrogen and oxygen atoms in total. The fourth-order valence-corrected chi connectivity index (χ4v) is 5.28. The Balaban J connectivity index is 1.44. The molecule has 2 saturated heterocycles. The zero-order valence-corrected chi connectivity index (χ0v) is 14.0. The van der Waals surface area contributed by atoms with Crippen molar-refractivity contribution >= 4 is 17.2 Å². The van der Waals surface area contributed by atoms with Crippen LogP contribution in [0.2, 0.25) is 0 Å². The van der Waals surface area contributed by atoms with Gasteiger partial charge in [0, 0.05) is 30.6 Å². The molecular formula is C17H25N3OS. The van der Waals surface area contributed by atoms with Crippen LogP contribution in [0.1, 0.15) is 55.4 Å². The van der Waals surface area contributed by atoms with Crippen molar-refractivity contribution in [2.24, 2.45) is 5.92 Å². The van der Waals surface area contributed by atoms with Crippen LogP contribution in [0.3, 0.4) is 0 Å². The molecule has 1 aromatic rings. The number of nitrogens with zero attached hydrogens (tertiary/aromatic N) is 3. The molecule has 1 aliphatic carbocycles. The van der Waals surface area contributed by atoms with E-state index in [0.717, 1.165) is 25.4 Å². The Hall–Kier alpha value is -0.940. The molecule has 0 unspecified atom stereocenters. The molecule has 22 heavy (non-hydrogen) atoms. The predicted octanol–water partition coefficient (Wildman–Crippen LogP) is 3.01. The zero-order chi connectivity index (χ0) is 15.0. The van der Waals surface area contributed by atoms with Crippen molar-refractivity contribution in [3.8, 4) is 0 Å². The number of hydrogen-bond donors (Lipinski definition) is 0. The second-order valence-corrected chi connectivity index (χ2v) is 7.99. The molecule has 0 radical (unpaired) electrons. The largest absolute Gasteiger partial charge is 0.335 e. The fraction of sp³-hybridized carbons (Fsp3) is 0.765. The summed E-state index contributed by atoms with van der Waals surface area (Å²) in [6, 6.07) is 0. The first-order valence-corrected chi connectivity index (χ1v) is 9.64. The topological polar surface area (TPSA) is 36.4 Å². The summed E-state index contributed by atoms with van der Waals surface area (Å²) in [6.07, 6.45) is 9.36. The third-order valence-electron chi connectivity index (χ3n) is 5.97. The van der Waals surface area contributed by atoms with Crippen LogP contribution in [0.25, 0.3) is 0 Å². The maximum Gasteiger partial charge on any atom is 0.273 e. The average Bonchev–Trinajstić information content (AvgIpc) is 3.29. The highest BCUT2D eigenvalue weighted by Gasteiger charge is 2.47. The van der Waals surface area contributed by atoms with E-state index in [1.54, 1.807) is 5.51 Å². The number of carbonyl (C=O) groups is 1. The second-order valence-electron chi connectivity index (χ2n) is 7.27. The van der Waals surface area contributed by atoms with Gasteiger partial charge in [-0.1, -0.05) is 12.8 Å². The molecule has 0 bridgehead atoms. The van der Waals surface area contributed by atoms with Crippen LogP contribution in [0.4, 0.5) is 0 Å². The van der Waals surface area contributed by atoms with E-state index in [2.05, 4.69) is 9.88 Å². The van der Waals surface area contributed by atoms with Gasteiger partial charge in [0.1, 0.15) is 5.69 Å². The van der Waals surface area contributed by atoms with Gasteiger partial charge in [-0.2, -0.15) is 0 Å². The van der Waals surface area contributed by atoms with Crippen LogP contribution < -0.4 is 0 Å². The highest BCUT2D eigenvalue weighted by atomic mass is 32.1. The monoisotopic (exact) mass is 319 g/mol. The number of hydrogen-bond acceptors (Lipinski definition) is 4. The van der Waals surface area contributed by atoms with E-state index >= 15 is 0 Å². The Morgan fingerprint density at radius 2 is 2.14 bits per heavy atom. The number of likely N-dealkylation sites (tertiary alicyclic amines) is 2. The van der Waals surface area contributed by atoms with Crippen molar-refractivity contribution in [1.82, 2.24) is 14.8 Å². The Morgan fingerprint density at radius 1 is 1.27 bits per heavy atom. The minimum absolute atomic E-state index is 0.130. The Bertz CT molecular complexity index is 526. The van der Waals surface area contributed by atoms with Crippen molar-refractivity contribution in [2.45, 2.75) is 50.5 Å². The molecule has 3 fully saturated rings. The van der Waals surface area contributed by atoms with Crippen LogP contribution >= 0.6 is 11.3 Å². The molecule has 1 spiro atoms. The molecule has 0 aromatic carbocycles. The molecule has 1 aromatic heterocycles. The third-order valence-corrected chi connectivity index (χ3v) is 6.55. The summed E-state index contributed by atoms with van der Waals surface area (Å²) < 4.78 is 0. The van der Waals surface area contributed by atoms with Gasteiger partial charge in [-0.05, 0) is 44.6 Å². The summed E-state index contributed by atoms with van der Waals surface area (Å²) in [7, 11) is 0. The second kappa shape index (κ2) is 5.93. The highest BCUT2D eigenvalue weighted by Crippen LogP contribution is 2.40. The van der Waals surface area contributed by atoms with Crippen LogP contribution in [0.15, 0.2) is 10.9 Å². The molecule has 5 heteroatoms. The molecule has 1 atom stereocenters. The highest BCUT2D eigenvalue weighted by molar-refractivity contribution is 7.07. The Labute approximate surface area is 136 Å². The van der Waals surface area contributed by atoms with Gasteiger partial charge in [-0.3, -0.25) is 9.69 Å². The predicted molar refractivity (Wildman–Crippen MR) is 88.1 cm³/mol. The average molecular weight is 319 g/mol. The van der Waals surface area contributed by atoms with Crippen molar-refractivity contribution in [3.63, 3.8) is 0 Å². The standard InChI is InChI=1S/C17H25N3OS/c21-16(15-11-22-13-18-15)19-9-7-17(12-19)6-3-8-20(17)10-14-4-1-2-5-14/h11,13-14H,1-10,12H2/t17-/m0/s1. The van der Waals surface area contributed by atoms with E-state index in [-0.39, 0.29) is 11.4 Å². The SMILES string of the molecule is O=C(c1cscn1)N1CC[C@@]2(CCCN2CC2CCCC2)C1. The summed E-state index contributed by atoms with van der Waals surface area (Å²) in [5.74, 6) is 1.03. The fourth-order valence-electron chi connectivity index (χ4n) is 4.76. The molecule has 1 saturated carbocycles. The molecule has 4 rings (SSSR count). The van der Waals surface area contributed by atoms with Gasteiger partial charge in [0.05, 0.1) is 5.51 Å². The van der Waals surface area contributed by atoms with E-state index in [0.29, 0.717) is 5.69 Å². The van der Waals surface area contributed by atoms with Gasteiger partial charge in [0.15, 0.2) is 0 Å². The minimum Gasteiger partial charge on any atom is -0.335 e. The number of rotatable bonds is 3. The van der Waals surface area contributed by atoms with Crippen LogP contribution in [0, 0.1) is 5.92 Å². The van der Waals surface area contributed by atoms with Crippen molar-refractivity contribution in [3.05, 3.63) is 16.6 Å².